The summed E-state index contributed by atoms with van der Waals surface area (Å²) in [5.41, 5.74) is 5.43. The molecule has 1 N–H and O–H groups in total. The van der Waals surface area contributed by atoms with Crippen LogP contribution in [0.5, 0.6) is 5.75 Å². The Morgan fingerprint density at radius 2 is 2.00 bits per heavy atom. The number of hydrogen-bond acceptors (Lipinski definition) is 2. The second kappa shape index (κ2) is 6.21. The van der Waals surface area contributed by atoms with Gasteiger partial charge in [0.1, 0.15) is 5.75 Å². The van der Waals surface area contributed by atoms with Crippen molar-refractivity contribution in [1.29, 1.82) is 0 Å². The molecule has 110 valence electrons. The van der Waals surface area contributed by atoms with Gasteiger partial charge in [-0.05, 0) is 68.0 Å². The van der Waals surface area contributed by atoms with Crippen LogP contribution in [0.4, 0.5) is 5.69 Å². The molecule has 0 amide bonds. The highest BCUT2D eigenvalue weighted by molar-refractivity contribution is 5.55. The summed E-state index contributed by atoms with van der Waals surface area (Å²) < 4.78 is 5.58. The molecule has 0 fully saturated rings. The standard InChI is InChI=1S/C19H23NO/c1-3-21-18-6-4-5-15(13-18)11-16-8-10-19-17(12-16)9-7-14(2)20-19/h4-6,8,10,12-14,20H,3,7,9,11H2,1-2H3. The number of benzene rings is 2. The van der Waals surface area contributed by atoms with Gasteiger partial charge >= 0.3 is 0 Å². The van der Waals surface area contributed by atoms with Gasteiger partial charge in [-0.25, -0.2) is 0 Å². The maximum Gasteiger partial charge on any atom is 0.119 e. The Morgan fingerprint density at radius 1 is 1.14 bits per heavy atom. The second-order valence-electron chi connectivity index (χ2n) is 5.83. The van der Waals surface area contributed by atoms with Crippen LogP contribution in [0.15, 0.2) is 42.5 Å². The predicted octanol–water partition coefficient (Wildman–Crippen LogP) is 4.42. The molecule has 0 saturated carbocycles. The van der Waals surface area contributed by atoms with Gasteiger partial charge in [0.15, 0.2) is 0 Å². The van der Waals surface area contributed by atoms with Gasteiger partial charge < -0.3 is 10.1 Å². The number of fused-ring (bicyclic) bond motifs is 1. The van der Waals surface area contributed by atoms with Gasteiger partial charge in [-0.1, -0.05) is 24.3 Å². The molecule has 21 heavy (non-hydrogen) atoms. The van der Waals surface area contributed by atoms with Crippen molar-refractivity contribution in [2.24, 2.45) is 0 Å². The minimum absolute atomic E-state index is 0.589. The first kappa shape index (κ1) is 14.0. The van der Waals surface area contributed by atoms with Crippen LogP contribution in [0.1, 0.15) is 37.0 Å². The lowest BCUT2D eigenvalue weighted by Gasteiger charge is -2.24. The predicted molar refractivity (Wildman–Crippen MR) is 88.3 cm³/mol. The van der Waals surface area contributed by atoms with E-state index in [-0.39, 0.29) is 0 Å². The molecule has 0 aromatic heterocycles. The van der Waals surface area contributed by atoms with Gasteiger partial charge in [-0.3, -0.25) is 0 Å². The van der Waals surface area contributed by atoms with Crippen LogP contribution in [0.3, 0.4) is 0 Å². The summed E-state index contributed by atoms with van der Waals surface area (Å²) in [4.78, 5) is 0. The zero-order valence-corrected chi connectivity index (χ0v) is 12.9. The zero-order valence-electron chi connectivity index (χ0n) is 12.9. The lowest BCUT2D eigenvalue weighted by molar-refractivity contribution is 0.340. The van der Waals surface area contributed by atoms with Crippen molar-refractivity contribution in [2.75, 3.05) is 11.9 Å². The molecule has 1 heterocycles. The van der Waals surface area contributed by atoms with Crippen LogP contribution in [0, 0.1) is 0 Å². The van der Waals surface area contributed by atoms with Crippen molar-refractivity contribution in [3.8, 4) is 5.75 Å². The van der Waals surface area contributed by atoms with E-state index in [0.29, 0.717) is 12.6 Å². The molecule has 2 heteroatoms. The number of rotatable bonds is 4. The third kappa shape index (κ3) is 3.38. The van der Waals surface area contributed by atoms with E-state index in [9.17, 15) is 0 Å². The van der Waals surface area contributed by atoms with E-state index in [1.807, 2.05) is 13.0 Å². The minimum atomic E-state index is 0.589. The fraction of sp³-hybridized carbons (Fsp3) is 0.368. The molecular weight excluding hydrogens is 258 g/mol. The summed E-state index contributed by atoms with van der Waals surface area (Å²) in [6, 6.07) is 15.8. The SMILES string of the molecule is CCOc1cccc(Cc2ccc3c(c2)CCC(C)N3)c1. The van der Waals surface area contributed by atoms with E-state index in [1.165, 1.54) is 35.2 Å². The molecule has 2 aromatic carbocycles. The number of anilines is 1. The first-order chi connectivity index (χ1) is 10.2. The third-order valence-electron chi connectivity index (χ3n) is 4.04. The first-order valence-corrected chi connectivity index (χ1v) is 7.84. The van der Waals surface area contributed by atoms with Crippen LogP contribution in [-0.2, 0) is 12.8 Å². The van der Waals surface area contributed by atoms with E-state index in [4.69, 9.17) is 4.74 Å². The van der Waals surface area contributed by atoms with E-state index in [1.54, 1.807) is 0 Å². The van der Waals surface area contributed by atoms with Crippen LogP contribution in [0.2, 0.25) is 0 Å². The quantitative estimate of drug-likeness (QED) is 0.895. The highest BCUT2D eigenvalue weighted by Crippen LogP contribution is 2.27. The largest absolute Gasteiger partial charge is 0.494 e. The molecule has 3 rings (SSSR count). The first-order valence-electron chi connectivity index (χ1n) is 7.84. The van der Waals surface area contributed by atoms with Crippen molar-refractivity contribution < 1.29 is 4.74 Å². The zero-order chi connectivity index (χ0) is 14.7. The number of nitrogens with one attached hydrogen (secondary N) is 1. The Kier molecular flexibility index (Phi) is 4.14. The Hall–Kier alpha value is -1.96. The Morgan fingerprint density at radius 3 is 2.86 bits per heavy atom. The molecular formula is C19H23NO. The maximum atomic E-state index is 5.58. The van der Waals surface area contributed by atoms with E-state index in [0.717, 1.165) is 12.2 Å². The topological polar surface area (TPSA) is 21.3 Å². The monoisotopic (exact) mass is 281 g/mol. The number of aryl methyl sites for hydroxylation is 1. The molecule has 2 nitrogen and oxygen atoms in total. The average molecular weight is 281 g/mol. The van der Waals surface area contributed by atoms with Gasteiger partial charge in [0, 0.05) is 11.7 Å². The lowest BCUT2D eigenvalue weighted by atomic mass is 9.95. The van der Waals surface area contributed by atoms with Crippen molar-refractivity contribution in [1.82, 2.24) is 0 Å². The highest BCUT2D eigenvalue weighted by Gasteiger charge is 2.14. The molecule has 1 atom stereocenters. The second-order valence-corrected chi connectivity index (χ2v) is 5.83. The number of hydrogen-bond donors (Lipinski definition) is 1. The summed E-state index contributed by atoms with van der Waals surface area (Å²) in [5, 5.41) is 3.56. The average Bonchev–Trinajstić information content (AvgIpc) is 2.48. The Bertz CT molecular complexity index is 621. The molecule has 0 bridgehead atoms. The molecule has 0 radical (unpaired) electrons. The summed E-state index contributed by atoms with van der Waals surface area (Å²) in [6.07, 6.45) is 3.36. The maximum absolute atomic E-state index is 5.58. The molecule has 1 aliphatic heterocycles. The number of ether oxygens (including phenoxy) is 1. The Labute approximate surface area is 127 Å². The molecule has 0 saturated heterocycles. The summed E-state index contributed by atoms with van der Waals surface area (Å²) in [7, 11) is 0. The fourth-order valence-electron chi connectivity index (χ4n) is 2.96. The molecule has 2 aromatic rings. The molecule has 0 spiro atoms. The summed E-state index contributed by atoms with van der Waals surface area (Å²) in [6.45, 7) is 4.98. The smallest absolute Gasteiger partial charge is 0.119 e. The van der Waals surface area contributed by atoms with Gasteiger partial charge in [0.05, 0.1) is 6.61 Å². The van der Waals surface area contributed by atoms with Crippen molar-refractivity contribution >= 4 is 5.69 Å². The third-order valence-corrected chi connectivity index (χ3v) is 4.04. The minimum Gasteiger partial charge on any atom is -0.494 e. The van der Waals surface area contributed by atoms with Gasteiger partial charge in [0.25, 0.3) is 0 Å². The van der Waals surface area contributed by atoms with Gasteiger partial charge in [-0.15, -0.1) is 0 Å². The Balaban J connectivity index is 1.77. The normalized spacial score (nSPS) is 17.0. The van der Waals surface area contributed by atoms with E-state index in [2.05, 4.69) is 48.6 Å². The summed E-state index contributed by atoms with van der Waals surface area (Å²) >= 11 is 0. The lowest BCUT2D eigenvalue weighted by Crippen LogP contribution is -2.21. The van der Waals surface area contributed by atoms with Crippen molar-refractivity contribution in [3.63, 3.8) is 0 Å². The van der Waals surface area contributed by atoms with Gasteiger partial charge in [0.2, 0.25) is 0 Å². The van der Waals surface area contributed by atoms with Crippen molar-refractivity contribution in [3.05, 3.63) is 59.2 Å². The molecule has 1 unspecified atom stereocenters. The van der Waals surface area contributed by atoms with E-state index < -0.39 is 0 Å². The summed E-state index contributed by atoms with van der Waals surface area (Å²) in [5.74, 6) is 0.962. The van der Waals surface area contributed by atoms with Crippen molar-refractivity contribution in [2.45, 2.75) is 39.2 Å². The van der Waals surface area contributed by atoms with Crippen LogP contribution in [-0.4, -0.2) is 12.6 Å². The van der Waals surface area contributed by atoms with E-state index >= 15 is 0 Å². The molecule has 0 aliphatic carbocycles. The van der Waals surface area contributed by atoms with Crippen LogP contribution < -0.4 is 10.1 Å². The molecule has 1 aliphatic rings. The van der Waals surface area contributed by atoms with Gasteiger partial charge in [-0.2, -0.15) is 0 Å². The van der Waals surface area contributed by atoms with Crippen LogP contribution >= 0.6 is 0 Å². The van der Waals surface area contributed by atoms with Crippen LogP contribution in [0.25, 0.3) is 0 Å². The highest BCUT2D eigenvalue weighted by atomic mass is 16.5. The fourth-order valence-corrected chi connectivity index (χ4v) is 2.96.